The SMILES string of the molecule is Cc1cc(COC(=O)c2ccc(N3CCC(C)CC3)c([N+](=O)[O-])c2)no1. The highest BCUT2D eigenvalue weighted by Crippen LogP contribution is 2.32. The van der Waals surface area contributed by atoms with Crippen LogP contribution in [-0.2, 0) is 11.3 Å². The molecule has 0 atom stereocenters. The largest absolute Gasteiger partial charge is 0.455 e. The van der Waals surface area contributed by atoms with Crippen molar-refractivity contribution in [3.8, 4) is 0 Å². The maximum absolute atomic E-state index is 12.2. The molecular formula is C18H21N3O5. The first-order chi connectivity index (χ1) is 12.4. The second kappa shape index (κ2) is 7.55. The number of hydrogen-bond acceptors (Lipinski definition) is 7. The Morgan fingerprint density at radius 3 is 2.73 bits per heavy atom. The lowest BCUT2D eigenvalue weighted by molar-refractivity contribution is -0.384. The van der Waals surface area contributed by atoms with Gasteiger partial charge in [-0.25, -0.2) is 4.79 Å². The summed E-state index contributed by atoms with van der Waals surface area (Å²) in [7, 11) is 0. The van der Waals surface area contributed by atoms with E-state index >= 15 is 0 Å². The van der Waals surface area contributed by atoms with E-state index in [0.29, 0.717) is 23.1 Å². The maximum Gasteiger partial charge on any atom is 0.338 e. The van der Waals surface area contributed by atoms with Gasteiger partial charge in [-0.3, -0.25) is 10.1 Å². The lowest BCUT2D eigenvalue weighted by Crippen LogP contribution is -2.33. The lowest BCUT2D eigenvalue weighted by Gasteiger charge is -2.31. The van der Waals surface area contributed by atoms with Crippen molar-refractivity contribution in [2.75, 3.05) is 18.0 Å². The van der Waals surface area contributed by atoms with Gasteiger partial charge in [-0.2, -0.15) is 0 Å². The molecule has 0 bridgehead atoms. The van der Waals surface area contributed by atoms with Crippen molar-refractivity contribution in [2.24, 2.45) is 5.92 Å². The number of aryl methyl sites for hydroxylation is 1. The number of carbonyl (C=O) groups excluding carboxylic acids is 1. The average molecular weight is 359 g/mol. The quantitative estimate of drug-likeness (QED) is 0.458. The smallest absolute Gasteiger partial charge is 0.338 e. The second-order valence-corrected chi connectivity index (χ2v) is 6.64. The van der Waals surface area contributed by atoms with Crippen LogP contribution in [0.3, 0.4) is 0 Å². The molecule has 1 saturated heterocycles. The number of esters is 1. The fourth-order valence-electron chi connectivity index (χ4n) is 3.02. The molecule has 0 aliphatic carbocycles. The third-order valence-corrected chi connectivity index (χ3v) is 4.56. The molecule has 0 N–H and O–H groups in total. The molecule has 0 unspecified atom stereocenters. The number of nitrogens with zero attached hydrogens (tertiary/aromatic N) is 3. The van der Waals surface area contributed by atoms with Crippen molar-refractivity contribution in [1.29, 1.82) is 0 Å². The summed E-state index contributed by atoms with van der Waals surface area (Å²) >= 11 is 0. The van der Waals surface area contributed by atoms with Gasteiger partial charge in [0, 0.05) is 25.2 Å². The molecule has 1 aromatic heterocycles. The number of nitro groups is 1. The van der Waals surface area contributed by atoms with Gasteiger partial charge in [-0.05, 0) is 37.8 Å². The zero-order valence-electron chi connectivity index (χ0n) is 14.8. The summed E-state index contributed by atoms with van der Waals surface area (Å²) in [6.07, 6.45) is 2.00. The molecule has 1 aromatic carbocycles. The Morgan fingerprint density at radius 2 is 2.12 bits per heavy atom. The molecule has 138 valence electrons. The Bertz CT molecular complexity index is 809. The van der Waals surface area contributed by atoms with Crippen LogP contribution in [0.5, 0.6) is 0 Å². The van der Waals surface area contributed by atoms with Crippen LogP contribution in [0.25, 0.3) is 0 Å². The van der Waals surface area contributed by atoms with E-state index < -0.39 is 10.9 Å². The summed E-state index contributed by atoms with van der Waals surface area (Å²) in [6.45, 7) is 5.42. The van der Waals surface area contributed by atoms with E-state index in [4.69, 9.17) is 9.26 Å². The first kappa shape index (κ1) is 17.9. The van der Waals surface area contributed by atoms with Crippen molar-refractivity contribution in [3.63, 3.8) is 0 Å². The fraction of sp³-hybridized carbons (Fsp3) is 0.444. The molecule has 0 spiro atoms. The first-order valence-electron chi connectivity index (χ1n) is 8.56. The number of anilines is 1. The number of rotatable bonds is 5. The topological polar surface area (TPSA) is 98.7 Å². The second-order valence-electron chi connectivity index (χ2n) is 6.64. The molecule has 0 amide bonds. The molecule has 1 aliphatic heterocycles. The molecule has 8 heteroatoms. The van der Waals surface area contributed by atoms with E-state index in [1.807, 2.05) is 4.90 Å². The van der Waals surface area contributed by atoms with Crippen molar-refractivity contribution in [2.45, 2.75) is 33.3 Å². The average Bonchev–Trinajstić information content (AvgIpc) is 3.05. The normalized spacial score (nSPS) is 15.1. The van der Waals surface area contributed by atoms with Crippen LogP contribution in [0.1, 0.15) is 41.6 Å². The van der Waals surface area contributed by atoms with E-state index in [0.717, 1.165) is 25.9 Å². The van der Waals surface area contributed by atoms with Gasteiger partial charge in [0.25, 0.3) is 5.69 Å². The molecule has 2 heterocycles. The highest BCUT2D eigenvalue weighted by atomic mass is 16.6. The van der Waals surface area contributed by atoms with Crippen LogP contribution in [0, 0.1) is 23.0 Å². The summed E-state index contributed by atoms with van der Waals surface area (Å²) in [6, 6.07) is 6.14. The Kier molecular flexibility index (Phi) is 5.20. The van der Waals surface area contributed by atoms with E-state index in [1.165, 1.54) is 6.07 Å². The molecule has 1 aliphatic rings. The number of ether oxygens (including phenoxy) is 1. The highest BCUT2D eigenvalue weighted by molar-refractivity contribution is 5.91. The van der Waals surface area contributed by atoms with Gasteiger partial charge in [-0.15, -0.1) is 0 Å². The predicted octanol–water partition coefficient (Wildman–Crippen LogP) is 3.48. The zero-order chi connectivity index (χ0) is 18.7. The van der Waals surface area contributed by atoms with Crippen molar-refractivity contribution >= 4 is 17.3 Å². The van der Waals surface area contributed by atoms with E-state index in [9.17, 15) is 14.9 Å². The first-order valence-corrected chi connectivity index (χ1v) is 8.56. The van der Waals surface area contributed by atoms with Crippen molar-refractivity contribution < 1.29 is 19.0 Å². The Morgan fingerprint density at radius 1 is 1.38 bits per heavy atom. The van der Waals surface area contributed by atoms with Crippen LogP contribution in [-0.4, -0.2) is 29.1 Å². The minimum absolute atomic E-state index is 0.0459. The third kappa shape index (κ3) is 4.01. The molecule has 0 saturated carbocycles. The summed E-state index contributed by atoms with van der Waals surface area (Å²) in [5, 5.41) is 15.2. The van der Waals surface area contributed by atoms with Gasteiger partial charge in [0.15, 0.2) is 0 Å². The molecule has 1 fully saturated rings. The monoisotopic (exact) mass is 359 g/mol. The molecule has 8 nitrogen and oxygen atoms in total. The third-order valence-electron chi connectivity index (χ3n) is 4.56. The van der Waals surface area contributed by atoms with Crippen LogP contribution in [0.4, 0.5) is 11.4 Å². The number of hydrogen-bond donors (Lipinski definition) is 0. The number of piperidine rings is 1. The molecule has 2 aromatic rings. The minimum atomic E-state index is -0.632. The number of nitro benzene ring substituents is 1. The fourth-order valence-corrected chi connectivity index (χ4v) is 3.02. The highest BCUT2D eigenvalue weighted by Gasteiger charge is 2.25. The van der Waals surface area contributed by atoms with Gasteiger partial charge < -0.3 is 14.2 Å². The standard InChI is InChI=1S/C18H21N3O5/c1-12-5-7-20(8-6-12)16-4-3-14(10-17(16)21(23)24)18(22)25-11-15-9-13(2)26-19-15/h3-4,9-10,12H,5-8,11H2,1-2H3. The predicted molar refractivity (Wildman–Crippen MR) is 94.1 cm³/mol. The Hall–Kier alpha value is -2.90. The number of carbonyl (C=O) groups is 1. The number of aromatic nitrogens is 1. The molecular weight excluding hydrogens is 338 g/mol. The maximum atomic E-state index is 12.2. The zero-order valence-corrected chi connectivity index (χ0v) is 14.8. The summed E-state index contributed by atoms with van der Waals surface area (Å²) in [5.74, 6) is 0.610. The minimum Gasteiger partial charge on any atom is -0.455 e. The molecule has 26 heavy (non-hydrogen) atoms. The van der Waals surface area contributed by atoms with Crippen molar-refractivity contribution in [3.05, 3.63) is 51.4 Å². The van der Waals surface area contributed by atoms with E-state index in [2.05, 4.69) is 12.1 Å². The van der Waals surface area contributed by atoms with Gasteiger partial charge in [0.2, 0.25) is 0 Å². The van der Waals surface area contributed by atoms with Crippen LogP contribution in [0.2, 0.25) is 0 Å². The number of benzene rings is 1. The van der Waals surface area contributed by atoms with E-state index in [1.54, 1.807) is 25.1 Å². The van der Waals surface area contributed by atoms with Crippen LogP contribution >= 0.6 is 0 Å². The van der Waals surface area contributed by atoms with Gasteiger partial charge in [0.05, 0.1) is 10.5 Å². The summed E-state index contributed by atoms with van der Waals surface area (Å²) in [4.78, 5) is 25.3. The summed E-state index contributed by atoms with van der Waals surface area (Å²) in [5.41, 5.74) is 1.10. The van der Waals surface area contributed by atoms with Crippen LogP contribution in [0.15, 0.2) is 28.8 Å². The summed E-state index contributed by atoms with van der Waals surface area (Å²) < 4.78 is 10.1. The van der Waals surface area contributed by atoms with Crippen LogP contribution < -0.4 is 4.90 Å². The van der Waals surface area contributed by atoms with Crippen molar-refractivity contribution in [1.82, 2.24) is 5.16 Å². The molecule has 0 radical (unpaired) electrons. The lowest BCUT2D eigenvalue weighted by atomic mass is 9.98. The van der Waals surface area contributed by atoms with Gasteiger partial charge >= 0.3 is 5.97 Å². The molecule has 3 rings (SSSR count). The van der Waals surface area contributed by atoms with E-state index in [-0.39, 0.29) is 17.9 Å². The van der Waals surface area contributed by atoms with Gasteiger partial charge in [-0.1, -0.05) is 12.1 Å². The Balaban J connectivity index is 1.75. The van der Waals surface area contributed by atoms with Gasteiger partial charge in [0.1, 0.15) is 23.7 Å². The Labute approximate surface area is 150 Å².